The van der Waals surface area contributed by atoms with Gasteiger partial charge in [0.15, 0.2) is 5.79 Å². The average molecular weight is 290 g/mol. The number of rotatable bonds is 3. The van der Waals surface area contributed by atoms with Crippen molar-refractivity contribution < 1.29 is 23.7 Å². The average Bonchev–Trinajstić information content (AvgIpc) is 2.89. The van der Waals surface area contributed by atoms with Gasteiger partial charge < -0.3 is 18.9 Å². The van der Waals surface area contributed by atoms with Crippen LogP contribution in [0, 0.1) is 6.92 Å². The normalized spacial score (nSPS) is 26.0. The minimum atomic E-state index is -0.643. The molecular weight excluding hydrogens is 272 g/mol. The highest BCUT2D eigenvalue weighted by atomic mass is 16.8. The van der Waals surface area contributed by atoms with Crippen molar-refractivity contribution in [2.45, 2.75) is 39.0 Å². The van der Waals surface area contributed by atoms with E-state index in [0.717, 1.165) is 5.56 Å². The molecule has 0 aromatic heterocycles. The lowest BCUT2D eigenvalue weighted by molar-refractivity contribution is -0.182. The number of hydrogen-bond donors (Lipinski definition) is 0. The van der Waals surface area contributed by atoms with Gasteiger partial charge in [0.2, 0.25) is 6.29 Å². The van der Waals surface area contributed by atoms with E-state index in [1.54, 1.807) is 18.2 Å². The maximum atomic E-state index is 11.9. The topological polar surface area (TPSA) is 54.0 Å². The molecule has 2 aliphatic heterocycles. The van der Waals surface area contributed by atoms with Crippen LogP contribution in [0.4, 0.5) is 0 Å². The van der Waals surface area contributed by atoms with Crippen LogP contribution in [0.1, 0.15) is 29.8 Å². The first-order valence-electron chi connectivity index (χ1n) is 6.90. The molecule has 1 aromatic rings. The van der Waals surface area contributed by atoms with Gasteiger partial charge in [0.05, 0.1) is 5.56 Å². The first kappa shape index (κ1) is 14.1. The van der Waals surface area contributed by atoms with Crippen LogP contribution in [0.3, 0.4) is 0 Å². The molecule has 5 heteroatoms. The molecule has 0 spiro atoms. The van der Waals surface area contributed by atoms with Gasteiger partial charge in [-0.15, -0.1) is 0 Å². The van der Waals surface area contributed by atoms with Crippen LogP contribution in [0.25, 0.3) is 0 Å². The zero-order valence-corrected chi connectivity index (χ0v) is 12.3. The Morgan fingerprint density at radius 3 is 2.62 bits per heavy atom. The van der Waals surface area contributed by atoms with E-state index >= 15 is 0 Å². The summed E-state index contributed by atoms with van der Waals surface area (Å²) in [6.07, 6.45) is 1.10. The second-order valence-corrected chi connectivity index (χ2v) is 5.66. The van der Waals surface area contributed by atoms with E-state index in [1.165, 1.54) is 0 Å². The second-order valence-electron chi connectivity index (χ2n) is 5.66. The van der Waals surface area contributed by atoms with E-state index in [4.69, 9.17) is 18.9 Å². The summed E-state index contributed by atoms with van der Waals surface area (Å²) in [6.45, 7) is 5.71. The van der Waals surface area contributed by atoms with Crippen molar-refractivity contribution in [2.24, 2.45) is 0 Å². The van der Waals surface area contributed by atoms with E-state index in [-0.39, 0.29) is 18.7 Å². The number of ether oxygens (including phenoxy) is 4. The molecule has 0 aliphatic carbocycles. The molecule has 1 aromatic carbocycles. The number of esters is 1. The van der Waals surface area contributed by atoms with Gasteiger partial charge in [-0.3, -0.25) is 0 Å². The van der Waals surface area contributed by atoms with Crippen LogP contribution in [0.5, 0.6) is 0 Å². The summed E-state index contributed by atoms with van der Waals surface area (Å²) in [5.74, 6) is -0.463. The van der Waals surface area contributed by atoms with E-state index in [1.807, 2.05) is 32.9 Å². The lowest BCUT2D eigenvalue weighted by atomic mass is 10.1. The monoisotopic (exact) mass is 290 g/mol. The molecule has 2 heterocycles. The van der Waals surface area contributed by atoms with Gasteiger partial charge in [-0.05, 0) is 39.0 Å². The largest absolute Gasteiger partial charge is 0.463 e. The van der Waals surface area contributed by atoms with Gasteiger partial charge in [-0.1, -0.05) is 17.7 Å². The van der Waals surface area contributed by atoms with Crippen LogP contribution in [-0.4, -0.2) is 30.8 Å². The number of carbonyl (C=O) groups excluding carboxylic acids is 1. The standard InChI is InChI=1S/C16H18O5/c1-10-4-6-11(7-5-10)14(17)18-9-12-8-13-15(19-12)21-16(2,3)20-13/h4-8,13,15H,9H2,1-3H3/t13-,15-/m1/s1. The summed E-state index contributed by atoms with van der Waals surface area (Å²) < 4.78 is 22.0. The highest BCUT2D eigenvalue weighted by Gasteiger charge is 2.45. The molecular formula is C16H18O5. The molecule has 0 radical (unpaired) electrons. The fourth-order valence-electron chi connectivity index (χ4n) is 2.33. The maximum absolute atomic E-state index is 11.9. The predicted octanol–water partition coefficient (Wildman–Crippen LogP) is 2.54. The maximum Gasteiger partial charge on any atom is 0.338 e. The zero-order valence-electron chi connectivity index (χ0n) is 12.3. The highest BCUT2D eigenvalue weighted by molar-refractivity contribution is 5.89. The van der Waals surface area contributed by atoms with Gasteiger partial charge in [-0.2, -0.15) is 0 Å². The summed E-state index contributed by atoms with van der Waals surface area (Å²) in [4.78, 5) is 11.9. The Bertz CT molecular complexity index is 573. The Morgan fingerprint density at radius 1 is 1.24 bits per heavy atom. The lowest BCUT2D eigenvalue weighted by Gasteiger charge is -2.18. The molecule has 5 nitrogen and oxygen atoms in total. The molecule has 0 saturated carbocycles. The smallest absolute Gasteiger partial charge is 0.338 e. The summed E-state index contributed by atoms with van der Waals surface area (Å²) in [5.41, 5.74) is 1.62. The van der Waals surface area contributed by atoms with Gasteiger partial charge in [0.25, 0.3) is 0 Å². The first-order chi connectivity index (χ1) is 9.93. The van der Waals surface area contributed by atoms with Gasteiger partial charge >= 0.3 is 5.97 Å². The number of fused-ring (bicyclic) bond motifs is 1. The minimum Gasteiger partial charge on any atom is -0.463 e. The highest BCUT2D eigenvalue weighted by Crippen LogP contribution is 2.35. The van der Waals surface area contributed by atoms with Gasteiger partial charge in [0, 0.05) is 0 Å². The predicted molar refractivity (Wildman–Crippen MR) is 74.5 cm³/mol. The van der Waals surface area contributed by atoms with E-state index in [2.05, 4.69) is 0 Å². The SMILES string of the molecule is Cc1ccc(C(=O)OCC2=C[C@H]3OC(C)(C)O[C@H]3O2)cc1. The lowest BCUT2D eigenvalue weighted by Crippen LogP contribution is -2.22. The van der Waals surface area contributed by atoms with Crippen molar-refractivity contribution in [3.05, 3.63) is 47.2 Å². The molecule has 2 aliphatic rings. The summed E-state index contributed by atoms with van der Waals surface area (Å²) in [6, 6.07) is 7.22. The fourth-order valence-corrected chi connectivity index (χ4v) is 2.33. The van der Waals surface area contributed by atoms with Crippen molar-refractivity contribution in [3.63, 3.8) is 0 Å². The molecule has 112 valence electrons. The molecule has 0 unspecified atom stereocenters. The molecule has 0 bridgehead atoms. The van der Waals surface area contributed by atoms with Gasteiger partial charge in [0.1, 0.15) is 18.5 Å². The Labute approximate surface area is 123 Å². The van der Waals surface area contributed by atoms with E-state index < -0.39 is 12.1 Å². The molecule has 21 heavy (non-hydrogen) atoms. The summed E-state index contributed by atoms with van der Waals surface area (Å²) in [5, 5.41) is 0. The fraction of sp³-hybridized carbons (Fsp3) is 0.438. The van der Waals surface area contributed by atoms with E-state index in [9.17, 15) is 4.79 Å². The van der Waals surface area contributed by atoms with Crippen LogP contribution < -0.4 is 0 Å². The second kappa shape index (κ2) is 5.16. The Kier molecular flexibility index (Phi) is 3.47. The zero-order chi connectivity index (χ0) is 15.0. The number of benzene rings is 1. The van der Waals surface area contributed by atoms with E-state index in [0.29, 0.717) is 11.3 Å². The minimum absolute atomic E-state index is 0.0762. The number of carbonyl (C=O) groups is 1. The Morgan fingerprint density at radius 2 is 1.95 bits per heavy atom. The number of hydrogen-bond acceptors (Lipinski definition) is 5. The molecule has 1 fully saturated rings. The Hall–Kier alpha value is -1.85. The third kappa shape index (κ3) is 3.09. The van der Waals surface area contributed by atoms with Crippen LogP contribution >= 0.6 is 0 Å². The molecule has 2 atom stereocenters. The van der Waals surface area contributed by atoms with Crippen molar-refractivity contribution >= 4 is 5.97 Å². The third-order valence-corrected chi connectivity index (χ3v) is 3.34. The first-order valence-corrected chi connectivity index (χ1v) is 6.90. The van der Waals surface area contributed by atoms with Crippen LogP contribution in [0.15, 0.2) is 36.1 Å². The van der Waals surface area contributed by atoms with Crippen LogP contribution in [0.2, 0.25) is 0 Å². The third-order valence-electron chi connectivity index (χ3n) is 3.34. The van der Waals surface area contributed by atoms with Crippen molar-refractivity contribution in [1.29, 1.82) is 0 Å². The molecule has 1 saturated heterocycles. The Balaban J connectivity index is 1.55. The van der Waals surface area contributed by atoms with Crippen molar-refractivity contribution in [1.82, 2.24) is 0 Å². The number of aryl methyl sites for hydroxylation is 1. The van der Waals surface area contributed by atoms with Crippen LogP contribution in [-0.2, 0) is 18.9 Å². The van der Waals surface area contributed by atoms with Gasteiger partial charge in [-0.25, -0.2) is 4.79 Å². The molecule has 0 amide bonds. The van der Waals surface area contributed by atoms with Crippen molar-refractivity contribution in [2.75, 3.05) is 6.61 Å². The summed E-state index contributed by atoms with van der Waals surface area (Å²) in [7, 11) is 0. The van der Waals surface area contributed by atoms with Crippen molar-refractivity contribution in [3.8, 4) is 0 Å². The molecule has 0 N–H and O–H groups in total. The summed E-state index contributed by atoms with van der Waals surface area (Å²) >= 11 is 0. The molecule has 3 rings (SSSR count). The quantitative estimate of drug-likeness (QED) is 0.801.